The van der Waals surface area contributed by atoms with Gasteiger partial charge in [0.1, 0.15) is 6.54 Å². The molecule has 1 amide bonds. The maximum absolute atomic E-state index is 12.7. The van der Waals surface area contributed by atoms with Crippen LogP contribution in [0.1, 0.15) is 41.6 Å². The van der Waals surface area contributed by atoms with E-state index in [2.05, 4.69) is 27.3 Å². The van der Waals surface area contributed by atoms with Crippen molar-refractivity contribution in [1.29, 1.82) is 0 Å². The lowest BCUT2D eigenvalue weighted by atomic mass is 9.97. The Morgan fingerprint density at radius 1 is 1.11 bits per heavy atom. The number of hydrogen-bond acceptors (Lipinski definition) is 3. The molecule has 0 radical (unpaired) electrons. The first-order chi connectivity index (χ1) is 13.0. The van der Waals surface area contributed by atoms with Crippen molar-refractivity contribution in [3.8, 4) is 0 Å². The van der Waals surface area contributed by atoms with E-state index in [4.69, 9.17) is 0 Å². The first kappa shape index (κ1) is 22.4. The molecule has 0 aliphatic rings. The van der Waals surface area contributed by atoms with Crippen LogP contribution in [0.5, 0.6) is 0 Å². The van der Waals surface area contributed by atoms with Gasteiger partial charge in [-0.15, -0.1) is 0 Å². The summed E-state index contributed by atoms with van der Waals surface area (Å²) in [6, 6.07) is 11.2. The van der Waals surface area contributed by atoms with Gasteiger partial charge >= 0.3 is 0 Å². The van der Waals surface area contributed by atoms with Gasteiger partial charge in [-0.05, 0) is 62.1 Å². The number of amides is 1. The third-order valence-corrected chi connectivity index (χ3v) is 6.69. The summed E-state index contributed by atoms with van der Waals surface area (Å²) < 4.78 is 26.6. The monoisotopic (exact) mass is 466 g/mol. The predicted octanol–water partition coefficient (Wildman–Crippen LogP) is 4.41. The molecule has 28 heavy (non-hydrogen) atoms. The highest BCUT2D eigenvalue weighted by Gasteiger charge is 2.23. The highest BCUT2D eigenvalue weighted by molar-refractivity contribution is 9.10. The van der Waals surface area contributed by atoms with Gasteiger partial charge in [0.25, 0.3) is 0 Å². The Morgan fingerprint density at radius 3 is 2.32 bits per heavy atom. The van der Waals surface area contributed by atoms with Crippen molar-refractivity contribution in [1.82, 2.24) is 5.32 Å². The fourth-order valence-electron chi connectivity index (χ4n) is 3.17. The average Bonchev–Trinajstić information content (AvgIpc) is 2.59. The molecular weight excluding hydrogens is 440 g/mol. The lowest BCUT2D eigenvalue weighted by Gasteiger charge is -2.25. The zero-order valence-electron chi connectivity index (χ0n) is 16.9. The number of carbonyl (C=O) groups excluding carboxylic acids is 1. The molecule has 0 heterocycles. The third kappa shape index (κ3) is 5.58. The van der Waals surface area contributed by atoms with Gasteiger partial charge in [0.15, 0.2) is 0 Å². The van der Waals surface area contributed by atoms with Gasteiger partial charge in [-0.1, -0.05) is 46.6 Å². The average molecular weight is 467 g/mol. The number of nitrogens with zero attached hydrogens (tertiary/aromatic N) is 1. The summed E-state index contributed by atoms with van der Waals surface area (Å²) in [6.45, 7) is 7.66. The Labute approximate surface area is 176 Å². The quantitative estimate of drug-likeness (QED) is 0.656. The number of anilines is 1. The number of benzene rings is 2. The Kier molecular flexibility index (Phi) is 7.28. The van der Waals surface area contributed by atoms with Crippen molar-refractivity contribution in [2.24, 2.45) is 0 Å². The number of hydrogen-bond donors (Lipinski definition) is 1. The molecule has 0 spiro atoms. The minimum absolute atomic E-state index is 0.166. The molecule has 2 aromatic carbocycles. The molecule has 1 unspecified atom stereocenters. The van der Waals surface area contributed by atoms with Crippen LogP contribution < -0.4 is 9.62 Å². The third-order valence-electron chi connectivity index (χ3n) is 4.66. The molecule has 2 aromatic rings. The number of sulfonamides is 1. The number of rotatable bonds is 7. The second-order valence-electron chi connectivity index (χ2n) is 7.09. The van der Waals surface area contributed by atoms with E-state index in [9.17, 15) is 13.2 Å². The molecule has 2 rings (SSSR count). The lowest BCUT2D eigenvalue weighted by Crippen LogP contribution is -2.41. The number of halogens is 1. The molecule has 0 fully saturated rings. The summed E-state index contributed by atoms with van der Waals surface area (Å²) in [7, 11) is -3.61. The van der Waals surface area contributed by atoms with Gasteiger partial charge < -0.3 is 5.32 Å². The normalized spacial score (nSPS) is 12.5. The topological polar surface area (TPSA) is 66.5 Å². The molecule has 1 atom stereocenters. The molecule has 0 saturated heterocycles. The van der Waals surface area contributed by atoms with Crippen molar-refractivity contribution >= 4 is 37.5 Å². The Hall–Kier alpha value is -1.86. The van der Waals surface area contributed by atoms with E-state index in [-0.39, 0.29) is 18.5 Å². The van der Waals surface area contributed by atoms with Crippen LogP contribution in [0.3, 0.4) is 0 Å². The van der Waals surface area contributed by atoms with Crippen LogP contribution >= 0.6 is 15.9 Å². The maximum Gasteiger partial charge on any atom is 0.241 e. The Bertz CT molecular complexity index is 974. The predicted molar refractivity (Wildman–Crippen MR) is 118 cm³/mol. The minimum atomic E-state index is -3.61. The second kappa shape index (κ2) is 9.09. The van der Waals surface area contributed by atoms with E-state index in [0.717, 1.165) is 37.3 Å². The SMILES string of the molecule is CCC(NC(=O)CN(c1ccc(Br)c(C)c1)S(C)(=O)=O)c1ccc(C)cc1C. The maximum atomic E-state index is 12.7. The van der Waals surface area contributed by atoms with Gasteiger partial charge in [0.2, 0.25) is 15.9 Å². The van der Waals surface area contributed by atoms with Gasteiger partial charge in [0, 0.05) is 4.47 Å². The van der Waals surface area contributed by atoms with E-state index < -0.39 is 10.0 Å². The molecule has 5 nitrogen and oxygen atoms in total. The summed E-state index contributed by atoms with van der Waals surface area (Å²) in [5.74, 6) is -0.335. The summed E-state index contributed by atoms with van der Waals surface area (Å²) in [5, 5.41) is 2.99. The molecule has 1 N–H and O–H groups in total. The van der Waals surface area contributed by atoms with Gasteiger partial charge in [-0.25, -0.2) is 8.42 Å². The number of carbonyl (C=O) groups is 1. The standard InChI is InChI=1S/C21H27BrN2O3S/c1-6-20(18-9-7-14(2)11-15(18)3)23-21(25)13-24(28(5,26)27)17-8-10-19(22)16(4)12-17/h7-12,20H,6,13H2,1-5H3,(H,23,25). The van der Waals surface area contributed by atoms with Crippen molar-refractivity contribution in [2.75, 3.05) is 17.1 Å². The molecular formula is C21H27BrN2O3S. The molecule has 0 aliphatic carbocycles. The van der Waals surface area contributed by atoms with Crippen LogP contribution in [0.25, 0.3) is 0 Å². The first-order valence-corrected chi connectivity index (χ1v) is 11.8. The van der Waals surface area contributed by atoms with E-state index in [1.54, 1.807) is 18.2 Å². The zero-order valence-corrected chi connectivity index (χ0v) is 19.3. The smallest absolute Gasteiger partial charge is 0.241 e. The van der Waals surface area contributed by atoms with Crippen LogP contribution in [0.15, 0.2) is 40.9 Å². The van der Waals surface area contributed by atoms with Gasteiger partial charge in [-0.3, -0.25) is 9.10 Å². The fourth-order valence-corrected chi connectivity index (χ4v) is 4.27. The summed E-state index contributed by atoms with van der Waals surface area (Å²) in [4.78, 5) is 12.7. The van der Waals surface area contributed by atoms with Crippen LogP contribution in [-0.4, -0.2) is 27.1 Å². The van der Waals surface area contributed by atoms with Crippen LogP contribution in [0.2, 0.25) is 0 Å². The van der Waals surface area contributed by atoms with E-state index in [1.165, 1.54) is 0 Å². The largest absolute Gasteiger partial charge is 0.348 e. The summed E-state index contributed by atoms with van der Waals surface area (Å²) in [5.41, 5.74) is 4.69. The number of nitrogens with one attached hydrogen (secondary N) is 1. The van der Waals surface area contributed by atoms with Crippen LogP contribution in [-0.2, 0) is 14.8 Å². The lowest BCUT2D eigenvalue weighted by molar-refractivity contribution is -0.120. The Morgan fingerprint density at radius 2 is 1.79 bits per heavy atom. The minimum Gasteiger partial charge on any atom is -0.348 e. The van der Waals surface area contributed by atoms with Crippen molar-refractivity contribution < 1.29 is 13.2 Å². The molecule has 7 heteroatoms. The summed E-state index contributed by atoms with van der Waals surface area (Å²) in [6.07, 6.45) is 1.82. The molecule has 152 valence electrons. The second-order valence-corrected chi connectivity index (χ2v) is 9.85. The molecule has 0 saturated carbocycles. The number of aryl methyl sites for hydroxylation is 3. The fraction of sp³-hybridized carbons (Fsp3) is 0.381. The highest BCUT2D eigenvalue weighted by atomic mass is 79.9. The van der Waals surface area contributed by atoms with Crippen LogP contribution in [0.4, 0.5) is 5.69 Å². The van der Waals surface area contributed by atoms with E-state index in [1.807, 2.05) is 39.8 Å². The highest BCUT2D eigenvalue weighted by Crippen LogP contribution is 2.25. The van der Waals surface area contributed by atoms with Crippen molar-refractivity contribution in [3.63, 3.8) is 0 Å². The first-order valence-electron chi connectivity index (χ1n) is 9.13. The van der Waals surface area contributed by atoms with Crippen molar-refractivity contribution in [2.45, 2.75) is 40.2 Å². The van der Waals surface area contributed by atoms with Crippen molar-refractivity contribution in [3.05, 3.63) is 63.1 Å². The molecule has 0 aromatic heterocycles. The van der Waals surface area contributed by atoms with Gasteiger partial charge in [0.05, 0.1) is 18.0 Å². The zero-order chi connectivity index (χ0) is 21.1. The molecule has 0 bridgehead atoms. The van der Waals surface area contributed by atoms with Gasteiger partial charge in [-0.2, -0.15) is 0 Å². The van der Waals surface area contributed by atoms with Crippen LogP contribution in [0, 0.1) is 20.8 Å². The van der Waals surface area contributed by atoms with E-state index in [0.29, 0.717) is 12.1 Å². The summed E-state index contributed by atoms with van der Waals surface area (Å²) >= 11 is 3.41. The molecule has 0 aliphatic heterocycles. The Balaban J connectivity index is 2.24. The van der Waals surface area contributed by atoms with E-state index >= 15 is 0 Å².